The van der Waals surface area contributed by atoms with Crippen molar-refractivity contribution in [3.63, 3.8) is 0 Å². The highest BCUT2D eigenvalue weighted by Crippen LogP contribution is 2.17. The molecule has 0 aromatic carbocycles. The molecule has 406 valence electrons. The highest BCUT2D eigenvalue weighted by Gasteiger charge is 2.26. The van der Waals surface area contributed by atoms with Crippen LogP contribution in [0.3, 0.4) is 0 Å². The molecule has 0 spiro atoms. The summed E-state index contributed by atoms with van der Waals surface area (Å²) in [6.07, 6.45) is 18.9. The molecule has 0 aliphatic carbocycles. The smallest absolute Gasteiger partial charge is 0.326 e. The Balaban J connectivity index is -0.000000617. The number of unbranched alkanes of at least 4 members (excludes halogenated alkanes) is 14. The van der Waals surface area contributed by atoms with Crippen LogP contribution in [-0.2, 0) is 57.3 Å². The molecule has 0 heterocycles. The number of carbonyl (C=O) groups is 8. The van der Waals surface area contributed by atoms with Crippen molar-refractivity contribution < 1.29 is 75.5 Å². The van der Waals surface area contributed by atoms with Gasteiger partial charge in [0.2, 0.25) is 23.6 Å². The van der Waals surface area contributed by atoms with E-state index in [1.807, 2.05) is 13.8 Å². The van der Waals surface area contributed by atoms with Gasteiger partial charge in [-0.2, -0.15) is 0 Å². The van der Waals surface area contributed by atoms with Crippen LogP contribution in [0.1, 0.15) is 185 Å². The zero-order valence-electron chi connectivity index (χ0n) is 42.7. The molecule has 0 unspecified atom stereocenters. The molecule has 0 aromatic rings. The Kier molecular flexibility index (Phi) is 46.3. The highest BCUT2D eigenvalue weighted by molar-refractivity contribution is 5.87. The third-order valence-corrected chi connectivity index (χ3v) is 11.2. The first-order valence-electron chi connectivity index (χ1n) is 25.7. The molecule has 4 amide bonds. The fourth-order valence-electron chi connectivity index (χ4n) is 6.98. The molecule has 0 saturated carbocycles. The number of carbonyl (C=O) groups excluding carboxylic acids is 6. The van der Waals surface area contributed by atoms with Gasteiger partial charge in [-0.1, -0.05) is 97.3 Å². The van der Waals surface area contributed by atoms with Crippen molar-refractivity contribution in [2.24, 2.45) is 17.6 Å². The molecule has 0 aliphatic rings. The van der Waals surface area contributed by atoms with Crippen LogP contribution in [0.4, 0.5) is 0 Å². The van der Waals surface area contributed by atoms with E-state index < -0.39 is 35.9 Å². The number of carboxylic acid groups (broad SMARTS) is 2. The van der Waals surface area contributed by atoms with E-state index in [-0.39, 0.29) is 77.1 Å². The van der Waals surface area contributed by atoms with E-state index in [2.05, 4.69) is 16.0 Å². The number of nitrogens with two attached hydrogens (primary N) is 1. The van der Waals surface area contributed by atoms with Crippen LogP contribution in [0.15, 0.2) is 0 Å². The average Bonchev–Trinajstić information content (AvgIpc) is 3.29. The monoisotopic (exact) mass is 993 g/mol. The molecule has 0 radical (unpaired) electrons. The summed E-state index contributed by atoms with van der Waals surface area (Å²) in [6.45, 7) is 10.0. The number of aliphatic carboxylic acids is 2. The number of aliphatic hydroxyl groups excluding tert-OH is 1. The van der Waals surface area contributed by atoms with Crippen molar-refractivity contribution in [1.82, 2.24) is 16.0 Å². The minimum atomic E-state index is -1.08. The van der Waals surface area contributed by atoms with Crippen molar-refractivity contribution >= 4 is 47.1 Å². The van der Waals surface area contributed by atoms with Crippen molar-refractivity contribution in [3.05, 3.63) is 0 Å². The third-order valence-electron chi connectivity index (χ3n) is 11.2. The quantitative estimate of drug-likeness (QED) is 0.0340. The molecule has 0 saturated heterocycles. The van der Waals surface area contributed by atoms with Gasteiger partial charge in [0.15, 0.2) is 0 Å². The summed E-state index contributed by atoms with van der Waals surface area (Å²) < 4.78 is 20.8. The van der Waals surface area contributed by atoms with Gasteiger partial charge < -0.3 is 56.0 Å². The largest absolute Gasteiger partial charge is 0.481 e. The lowest BCUT2D eigenvalue weighted by molar-refractivity contribution is -0.142. The maximum atomic E-state index is 12.2. The number of Topliss-reactive ketones (excluding diaryl/α,β-unsaturated/α-hetero) is 2. The van der Waals surface area contributed by atoms with E-state index in [9.17, 15) is 48.6 Å². The number of amides is 4. The van der Waals surface area contributed by atoms with Gasteiger partial charge in [-0.3, -0.25) is 33.6 Å². The van der Waals surface area contributed by atoms with Gasteiger partial charge in [0, 0.05) is 60.6 Å². The second-order valence-corrected chi connectivity index (χ2v) is 17.6. The van der Waals surface area contributed by atoms with Crippen LogP contribution in [0, 0.1) is 11.8 Å². The molecule has 0 aromatic heterocycles. The topological polar surface area (TPSA) is 296 Å². The minimum absolute atomic E-state index is 0. The molecule has 8 N–H and O–H groups in total. The standard InChI is InChI=1S/C26H47NO6.C24H45N3O9.2H2/c1-2-17-22(28)20-21-23(26(32)33)27-24(29)18-15-13-11-9-7-5-3-4-6-8-10-12-14-16-19-25(30)31;1-4-33-11-13-35-17-23(31)27-9-10-34-12-14-36-16-22(30)26-8-6-5-7-18(2)21(29)15-20(19(3)28)24(25)32;;/h23H,2-21H2,1H3,(H,27,29)(H,30,31)(H,32,33);18-20,28H,4-17H2,1-3H3,(H2,25,32)(H,26,30)(H,27,31);2*1H/t23-;18-,19+,20-;;/m00../s1. The highest BCUT2D eigenvalue weighted by atomic mass is 16.5. The van der Waals surface area contributed by atoms with Gasteiger partial charge in [0.25, 0.3) is 0 Å². The predicted molar refractivity (Wildman–Crippen MR) is 266 cm³/mol. The Labute approximate surface area is 415 Å². The summed E-state index contributed by atoms with van der Waals surface area (Å²) >= 11 is 0. The number of aliphatic hydroxyl groups is 1. The Bertz CT molecular complexity index is 1400. The first kappa shape index (κ1) is 67.0. The first-order valence-corrected chi connectivity index (χ1v) is 25.7. The summed E-state index contributed by atoms with van der Waals surface area (Å²) in [6, 6.07) is -0.977. The van der Waals surface area contributed by atoms with E-state index >= 15 is 0 Å². The number of rotatable bonds is 48. The first-order chi connectivity index (χ1) is 33.0. The Morgan fingerprint density at radius 1 is 0.551 bits per heavy atom. The molecule has 4 atom stereocenters. The van der Waals surface area contributed by atoms with E-state index in [0.717, 1.165) is 51.4 Å². The lowest BCUT2D eigenvalue weighted by atomic mass is 9.89. The van der Waals surface area contributed by atoms with Gasteiger partial charge in [-0.15, -0.1) is 0 Å². The predicted octanol–water partition coefficient (Wildman–Crippen LogP) is 6.08. The van der Waals surface area contributed by atoms with Crippen LogP contribution in [0.2, 0.25) is 0 Å². The van der Waals surface area contributed by atoms with Gasteiger partial charge in [-0.25, -0.2) is 4.79 Å². The molecule has 0 rings (SSSR count). The van der Waals surface area contributed by atoms with Gasteiger partial charge in [0.05, 0.1) is 45.1 Å². The van der Waals surface area contributed by atoms with Gasteiger partial charge in [0.1, 0.15) is 30.8 Å². The summed E-state index contributed by atoms with van der Waals surface area (Å²) in [5, 5.41) is 35.4. The number of ketones is 2. The van der Waals surface area contributed by atoms with Crippen LogP contribution in [-0.4, -0.2) is 141 Å². The van der Waals surface area contributed by atoms with Crippen molar-refractivity contribution in [2.75, 3.05) is 65.9 Å². The van der Waals surface area contributed by atoms with Gasteiger partial charge in [-0.05, 0) is 52.4 Å². The summed E-state index contributed by atoms with van der Waals surface area (Å²) in [5.41, 5.74) is 5.23. The zero-order chi connectivity index (χ0) is 51.9. The number of ether oxygens (including phenoxy) is 4. The van der Waals surface area contributed by atoms with Crippen molar-refractivity contribution in [2.45, 2.75) is 194 Å². The molecule has 19 heteroatoms. The zero-order valence-corrected chi connectivity index (χ0v) is 42.7. The van der Waals surface area contributed by atoms with Crippen LogP contribution >= 0.6 is 0 Å². The van der Waals surface area contributed by atoms with E-state index in [0.29, 0.717) is 78.2 Å². The maximum absolute atomic E-state index is 12.2. The third kappa shape index (κ3) is 46.1. The molecule has 69 heavy (non-hydrogen) atoms. The lowest BCUT2D eigenvalue weighted by Gasteiger charge is -2.18. The molecule has 19 nitrogen and oxygen atoms in total. The summed E-state index contributed by atoms with van der Waals surface area (Å²) in [5.74, 6) is -4.35. The van der Waals surface area contributed by atoms with Crippen LogP contribution in [0.5, 0.6) is 0 Å². The van der Waals surface area contributed by atoms with E-state index in [1.165, 1.54) is 58.3 Å². The Hall–Kier alpha value is -4.04. The Morgan fingerprint density at radius 3 is 1.52 bits per heavy atom. The summed E-state index contributed by atoms with van der Waals surface area (Å²) in [7, 11) is 0. The molecular weight excluding hydrogens is 897 g/mol. The van der Waals surface area contributed by atoms with Crippen LogP contribution < -0.4 is 21.7 Å². The molecule has 0 bridgehead atoms. The van der Waals surface area contributed by atoms with E-state index in [1.54, 1.807) is 6.92 Å². The van der Waals surface area contributed by atoms with Crippen molar-refractivity contribution in [1.29, 1.82) is 0 Å². The van der Waals surface area contributed by atoms with E-state index in [4.69, 9.17) is 29.8 Å². The van der Waals surface area contributed by atoms with Crippen molar-refractivity contribution in [3.8, 4) is 0 Å². The molecular formula is C50H96N4O15. The average molecular weight is 993 g/mol. The SMILES string of the molecule is CCCC(=O)CC[C@H](NC(=O)CCCCCCCCCCCCCCCCC(=O)O)C(=O)O.CCOCCOCC(=O)NCCOCCOCC(=O)NCCCC[C@H](C)C(=O)C[C@H](C(N)=O)[C@@H](C)O.[HH].[HH]. The normalized spacial score (nSPS) is 12.7. The fourth-order valence-corrected chi connectivity index (χ4v) is 6.98. The number of nitrogens with one attached hydrogen (secondary N) is 3. The number of hydrogen-bond donors (Lipinski definition) is 7. The van der Waals surface area contributed by atoms with Gasteiger partial charge >= 0.3 is 11.9 Å². The molecule has 0 aliphatic heterocycles. The fraction of sp³-hybridized carbons (Fsp3) is 0.840. The summed E-state index contributed by atoms with van der Waals surface area (Å²) in [4.78, 5) is 92.2. The minimum Gasteiger partial charge on any atom is -0.481 e. The maximum Gasteiger partial charge on any atom is 0.326 e. The Morgan fingerprint density at radius 2 is 1.04 bits per heavy atom. The molecule has 0 fully saturated rings. The number of primary amides is 1. The lowest BCUT2D eigenvalue weighted by Crippen LogP contribution is -2.41. The second kappa shape index (κ2) is 47.6. The number of carboxylic acids is 2. The second-order valence-electron chi connectivity index (χ2n) is 17.6. The number of hydrogen-bond acceptors (Lipinski definition) is 13. The van der Waals surface area contributed by atoms with Crippen LogP contribution in [0.25, 0.3) is 0 Å².